The number of hydrogen-bond donors (Lipinski definition) is 1. The molecule has 0 saturated carbocycles. The van der Waals surface area contributed by atoms with E-state index in [4.69, 9.17) is 9.47 Å². The molecule has 1 aliphatic rings. The van der Waals surface area contributed by atoms with Crippen LogP contribution in [-0.2, 0) is 15.9 Å². The van der Waals surface area contributed by atoms with Crippen LogP contribution in [0.2, 0.25) is 0 Å². The molecule has 0 spiro atoms. The number of nitrogens with one attached hydrogen (secondary N) is 1. The first kappa shape index (κ1) is 15.3. The van der Waals surface area contributed by atoms with Gasteiger partial charge in [0.25, 0.3) is 0 Å². The standard InChI is InChI=1S/C16H26N2O2/c1-13(17-2)14-4-5-16-15(12-14)6-7-18(16)8-9-20-11-10-19-3/h4-5,12-13,17H,6-11H2,1-3H3. The summed E-state index contributed by atoms with van der Waals surface area (Å²) in [5, 5.41) is 3.29. The molecule has 0 radical (unpaired) electrons. The van der Waals surface area contributed by atoms with Gasteiger partial charge in [-0.15, -0.1) is 0 Å². The lowest BCUT2D eigenvalue weighted by atomic mass is 10.0. The van der Waals surface area contributed by atoms with Crippen molar-refractivity contribution >= 4 is 5.69 Å². The normalized spacial score (nSPS) is 15.4. The van der Waals surface area contributed by atoms with E-state index in [2.05, 4.69) is 35.3 Å². The van der Waals surface area contributed by atoms with E-state index in [1.165, 1.54) is 16.8 Å². The molecule has 1 unspecified atom stereocenters. The van der Waals surface area contributed by atoms with Crippen LogP contribution in [0.1, 0.15) is 24.1 Å². The van der Waals surface area contributed by atoms with Crippen molar-refractivity contribution in [3.63, 3.8) is 0 Å². The Kier molecular flexibility index (Phi) is 5.83. The van der Waals surface area contributed by atoms with Crippen LogP contribution >= 0.6 is 0 Å². The molecule has 1 aliphatic heterocycles. The molecule has 1 aromatic rings. The fraction of sp³-hybridized carbons (Fsp3) is 0.625. The maximum Gasteiger partial charge on any atom is 0.0701 e. The van der Waals surface area contributed by atoms with E-state index in [1.807, 2.05) is 7.05 Å². The molecular weight excluding hydrogens is 252 g/mol. The van der Waals surface area contributed by atoms with Gasteiger partial charge in [-0.05, 0) is 37.6 Å². The molecule has 0 amide bonds. The maximum atomic E-state index is 5.55. The summed E-state index contributed by atoms with van der Waals surface area (Å²) in [5.41, 5.74) is 4.19. The van der Waals surface area contributed by atoms with E-state index in [0.29, 0.717) is 19.3 Å². The van der Waals surface area contributed by atoms with Gasteiger partial charge >= 0.3 is 0 Å². The first-order valence-electron chi connectivity index (χ1n) is 7.38. The zero-order chi connectivity index (χ0) is 14.4. The molecule has 4 nitrogen and oxygen atoms in total. The molecule has 0 aliphatic carbocycles. The molecule has 20 heavy (non-hydrogen) atoms. The number of benzene rings is 1. The zero-order valence-corrected chi connectivity index (χ0v) is 12.8. The topological polar surface area (TPSA) is 33.7 Å². The van der Waals surface area contributed by atoms with E-state index in [-0.39, 0.29) is 0 Å². The lowest BCUT2D eigenvalue weighted by molar-refractivity contribution is 0.0742. The molecular formula is C16H26N2O2. The van der Waals surface area contributed by atoms with Crippen LogP contribution < -0.4 is 10.2 Å². The van der Waals surface area contributed by atoms with Gasteiger partial charge in [0, 0.05) is 31.9 Å². The van der Waals surface area contributed by atoms with Crippen LogP contribution in [-0.4, -0.2) is 47.1 Å². The van der Waals surface area contributed by atoms with Crippen LogP contribution in [0.5, 0.6) is 0 Å². The first-order valence-corrected chi connectivity index (χ1v) is 7.38. The van der Waals surface area contributed by atoms with Crippen molar-refractivity contribution in [3.8, 4) is 0 Å². The SMILES string of the molecule is CNC(C)c1ccc2c(c1)CCN2CCOCCOC. The van der Waals surface area contributed by atoms with Crippen molar-refractivity contribution in [2.24, 2.45) is 0 Å². The Morgan fingerprint density at radius 2 is 2.15 bits per heavy atom. The van der Waals surface area contributed by atoms with Gasteiger partial charge in [0.1, 0.15) is 0 Å². The molecule has 0 saturated heterocycles. The number of ether oxygens (including phenoxy) is 2. The largest absolute Gasteiger partial charge is 0.382 e. The third-order valence-corrected chi connectivity index (χ3v) is 3.97. The fourth-order valence-electron chi connectivity index (χ4n) is 2.58. The van der Waals surface area contributed by atoms with Crippen LogP contribution in [0.4, 0.5) is 5.69 Å². The monoisotopic (exact) mass is 278 g/mol. The summed E-state index contributed by atoms with van der Waals surface area (Å²) in [7, 11) is 3.70. The Balaban J connectivity index is 1.89. The summed E-state index contributed by atoms with van der Waals surface area (Å²) in [6, 6.07) is 7.22. The highest BCUT2D eigenvalue weighted by Crippen LogP contribution is 2.30. The summed E-state index contributed by atoms with van der Waals surface area (Å²) >= 11 is 0. The van der Waals surface area contributed by atoms with Crippen LogP contribution in [0.25, 0.3) is 0 Å². The van der Waals surface area contributed by atoms with Gasteiger partial charge < -0.3 is 19.7 Å². The van der Waals surface area contributed by atoms with Gasteiger partial charge in [-0.25, -0.2) is 0 Å². The van der Waals surface area contributed by atoms with E-state index in [0.717, 1.165) is 26.1 Å². The molecule has 1 heterocycles. The van der Waals surface area contributed by atoms with E-state index in [9.17, 15) is 0 Å². The molecule has 0 bridgehead atoms. The molecule has 1 aromatic carbocycles. The minimum Gasteiger partial charge on any atom is -0.382 e. The van der Waals surface area contributed by atoms with Crippen LogP contribution in [0.3, 0.4) is 0 Å². The number of methoxy groups -OCH3 is 1. The molecule has 1 N–H and O–H groups in total. The van der Waals surface area contributed by atoms with E-state index < -0.39 is 0 Å². The lowest BCUT2D eigenvalue weighted by Gasteiger charge is -2.20. The van der Waals surface area contributed by atoms with Gasteiger partial charge in [0.05, 0.1) is 19.8 Å². The van der Waals surface area contributed by atoms with Crippen molar-refractivity contribution in [2.45, 2.75) is 19.4 Å². The van der Waals surface area contributed by atoms with Gasteiger partial charge in [-0.1, -0.05) is 12.1 Å². The van der Waals surface area contributed by atoms with Crippen LogP contribution in [0.15, 0.2) is 18.2 Å². The lowest BCUT2D eigenvalue weighted by Crippen LogP contribution is -2.25. The quantitative estimate of drug-likeness (QED) is 0.737. The third-order valence-electron chi connectivity index (χ3n) is 3.97. The van der Waals surface area contributed by atoms with Crippen molar-refractivity contribution in [3.05, 3.63) is 29.3 Å². The van der Waals surface area contributed by atoms with Gasteiger partial charge in [-0.3, -0.25) is 0 Å². The molecule has 0 fully saturated rings. The minimum atomic E-state index is 0.409. The Bertz CT molecular complexity index is 423. The zero-order valence-electron chi connectivity index (χ0n) is 12.8. The summed E-state index contributed by atoms with van der Waals surface area (Å²) in [6.07, 6.45) is 1.14. The molecule has 1 atom stereocenters. The second-order valence-electron chi connectivity index (χ2n) is 5.24. The average Bonchev–Trinajstić information content (AvgIpc) is 2.88. The smallest absolute Gasteiger partial charge is 0.0701 e. The van der Waals surface area contributed by atoms with Crippen molar-refractivity contribution in [1.82, 2.24) is 5.32 Å². The van der Waals surface area contributed by atoms with E-state index >= 15 is 0 Å². The van der Waals surface area contributed by atoms with Gasteiger partial charge in [0.15, 0.2) is 0 Å². The second kappa shape index (κ2) is 7.62. The molecule has 2 rings (SSSR count). The number of nitrogens with zero attached hydrogens (tertiary/aromatic N) is 1. The van der Waals surface area contributed by atoms with Gasteiger partial charge in [-0.2, -0.15) is 0 Å². The summed E-state index contributed by atoms with van der Waals surface area (Å²) in [6.45, 7) is 6.35. The Labute approximate surface area is 122 Å². The Morgan fingerprint density at radius 1 is 1.30 bits per heavy atom. The fourth-order valence-corrected chi connectivity index (χ4v) is 2.58. The highest BCUT2D eigenvalue weighted by Gasteiger charge is 2.19. The maximum absolute atomic E-state index is 5.55. The minimum absolute atomic E-state index is 0.409. The summed E-state index contributed by atoms with van der Waals surface area (Å²) in [4.78, 5) is 2.41. The highest BCUT2D eigenvalue weighted by molar-refractivity contribution is 5.59. The molecule has 112 valence electrons. The molecule has 0 aromatic heterocycles. The van der Waals surface area contributed by atoms with Gasteiger partial charge in [0.2, 0.25) is 0 Å². The molecule has 4 heteroatoms. The van der Waals surface area contributed by atoms with E-state index in [1.54, 1.807) is 7.11 Å². The Hall–Kier alpha value is -1.10. The highest BCUT2D eigenvalue weighted by atomic mass is 16.5. The van der Waals surface area contributed by atoms with Crippen molar-refractivity contribution < 1.29 is 9.47 Å². The van der Waals surface area contributed by atoms with Crippen LogP contribution in [0, 0.1) is 0 Å². The number of hydrogen-bond acceptors (Lipinski definition) is 4. The summed E-state index contributed by atoms with van der Waals surface area (Å²) in [5.74, 6) is 0. The Morgan fingerprint density at radius 3 is 2.90 bits per heavy atom. The number of anilines is 1. The third kappa shape index (κ3) is 3.72. The number of rotatable bonds is 8. The predicted octanol–water partition coefficient (Wildman–Crippen LogP) is 1.99. The summed E-state index contributed by atoms with van der Waals surface area (Å²) < 4.78 is 10.5. The first-order chi connectivity index (χ1) is 9.76. The van der Waals surface area contributed by atoms with Crippen molar-refractivity contribution in [1.29, 1.82) is 0 Å². The second-order valence-corrected chi connectivity index (χ2v) is 5.24. The predicted molar refractivity (Wildman–Crippen MR) is 82.5 cm³/mol. The van der Waals surface area contributed by atoms with Crippen molar-refractivity contribution in [2.75, 3.05) is 52.0 Å². The number of fused-ring (bicyclic) bond motifs is 1. The average molecular weight is 278 g/mol.